The van der Waals surface area contributed by atoms with Gasteiger partial charge in [-0.2, -0.15) is 0 Å². The predicted octanol–water partition coefficient (Wildman–Crippen LogP) is 0.473. The van der Waals surface area contributed by atoms with E-state index >= 15 is 0 Å². The Labute approximate surface area is 58.6 Å². The second kappa shape index (κ2) is 10.4. The SMILES string of the molecule is C=CC(O)CCl.O=CO. The van der Waals surface area contributed by atoms with Crippen molar-refractivity contribution in [1.29, 1.82) is 0 Å². The normalized spacial score (nSPS) is 10.4. The fourth-order valence-corrected chi connectivity index (χ4v) is 0.189. The highest BCUT2D eigenvalue weighted by Crippen LogP contribution is 1.84. The number of alkyl halides is 1. The van der Waals surface area contributed by atoms with Crippen LogP contribution in [0, 0.1) is 0 Å². The van der Waals surface area contributed by atoms with E-state index in [1.165, 1.54) is 6.08 Å². The van der Waals surface area contributed by atoms with Crippen LogP contribution >= 0.6 is 11.6 Å². The van der Waals surface area contributed by atoms with Gasteiger partial charge in [-0.25, -0.2) is 0 Å². The first-order valence-electron chi connectivity index (χ1n) is 2.17. The monoisotopic (exact) mass is 152 g/mol. The first kappa shape index (κ1) is 11.3. The minimum absolute atomic E-state index is 0.240. The van der Waals surface area contributed by atoms with Gasteiger partial charge in [0.2, 0.25) is 0 Å². The van der Waals surface area contributed by atoms with Gasteiger partial charge in [0, 0.05) is 0 Å². The van der Waals surface area contributed by atoms with E-state index in [2.05, 4.69) is 6.58 Å². The van der Waals surface area contributed by atoms with Crippen LogP contribution in [0.4, 0.5) is 0 Å². The maximum absolute atomic E-state index is 8.42. The maximum atomic E-state index is 8.42. The lowest BCUT2D eigenvalue weighted by Gasteiger charge is -1.91. The summed E-state index contributed by atoms with van der Waals surface area (Å²) in [7, 11) is 0. The highest BCUT2D eigenvalue weighted by atomic mass is 35.5. The molecule has 0 aliphatic heterocycles. The number of hydrogen-bond acceptors (Lipinski definition) is 2. The summed E-state index contributed by atoms with van der Waals surface area (Å²) in [5.74, 6) is 0.240. The van der Waals surface area contributed by atoms with Crippen LogP contribution in [0.5, 0.6) is 0 Å². The minimum atomic E-state index is -0.535. The molecule has 2 N–H and O–H groups in total. The molecule has 1 unspecified atom stereocenters. The molecule has 0 radical (unpaired) electrons. The Morgan fingerprint density at radius 3 is 2.11 bits per heavy atom. The third-order valence-electron chi connectivity index (χ3n) is 0.430. The molecule has 54 valence electrons. The number of rotatable bonds is 2. The Kier molecular flexibility index (Phi) is 13.1. The van der Waals surface area contributed by atoms with Crippen LogP contribution in [0.25, 0.3) is 0 Å². The fourth-order valence-electron chi connectivity index (χ4n) is 0.0630. The van der Waals surface area contributed by atoms with Crippen molar-refractivity contribution in [3.05, 3.63) is 12.7 Å². The minimum Gasteiger partial charge on any atom is -0.483 e. The molecule has 0 fully saturated rings. The van der Waals surface area contributed by atoms with Crippen LogP contribution < -0.4 is 0 Å². The van der Waals surface area contributed by atoms with Crippen molar-refractivity contribution in [3.63, 3.8) is 0 Å². The molecule has 0 heterocycles. The predicted molar refractivity (Wildman–Crippen MR) is 35.6 cm³/mol. The summed E-state index contributed by atoms with van der Waals surface area (Å²) < 4.78 is 0. The van der Waals surface area contributed by atoms with Crippen molar-refractivity contribution in [3.8, 4) is 0 Å². The van der Waals surface area contributed by atoms with Crippen molar-refractivity contribution in [2.75, 3.05) is 5.88 Å². The molecule has 0 aromatic carbocycles. The molecule has 4 heteroatoms. The molecular formula is C5H9ClO3. The standard InChI is InChI=1S/C4H7ClO.CH2O2/c1-2-4(6)3-5;2-1-3/h2,4,6H,1,3H2;1H,(H,2,3). The number of hydrogen-bond donors (Lipinski definition) is 2. The van der Waals surface area contributed by atoms with Gasteiger partial charge in [-0.3, -0.25) is 4.79 Å². The summed E-state index contributed by atoms with van der Waals surface area (Å²) in [5.41, 5.74) is 0. The number of aliphatic hydroxyl groups excluding tert-OH is 1. The first-order valence-corrected chi connectivity index (χ1v) is 2.70. The quantitative estimate of drug-likeness (QED) is 0.344. The van der Waals surface area contributed by atoms with Crippen LogP contribution in [0.1, 0.15) is 0 Å². The average Bonchev–Trinajstić information content (AvgIpc) is 1.88. The van der Waals surface area contributed by atoms with E-state index in [9.17, 15) is 0 Å². The van der Waals surface area contributed by atoms with Gasteiger partial charge >= 0.3 is 0 Å². The highest BCUT2D eigenvalue weighted by molar-refractivity contribution is 6.18. The number of carbonyl (C=O) groups is 1. The van der Waals surface area contributed by atoms with Crippen molar-refractivity contribution in [2.24, 2.45) is 0 Å². The smallest absolute Gasteiger partial charge is 0.290 e. The summed E-state index contributed by atoms with van der Waals surface area (Å²) in [5, 5.41) is 15.3. The van der Waals surface area contributed by atoms with E-state index in [0.717, 1.165) is 0 Å². The third kappa shape index (κ3) is 18.6. The average molecular weight is 153 g/mol. The second-order valence-corrected chi connectivity index (χ2v) is 1.37. The van der Waals surface area contributed by atoms with Gasteiger partial charge in [0.25, 0.3) is 6.47 Å². The Morgan fingerprint density at radius 1 is 1.78 bits per heavy atom. The molecule has 0 spiro atoms. The summed E-state index contributed by atoms with van der Waals surface area (Å²) in [6.45, 7) is 3.05. The van der Waals surface area contributed by atoms with E-state index in [1.54, 1.807) is 0 Å². The Morgan fingerprint density at radius 2 is 2.11 bits per heavy atom. The lowest BCUT2D eigenvalue weighted by atomic mass is 10.4. The van der Waals surface area contributed by atoms with E-state index < -0.39 is 6.10 Å². The molecule has 0 aromatic rings. The molecule has 1 atom stereocenters. The van der Waals surface area contributed by atoms with Crippen molar-refractivity contribution in [2.45, 2.75) is 6.10 Å². The van der Waals surface area contributed by atoms with Crippen LogP contribution in [0.3, 0.4) is 0 Å². The van der Waals surface area contributed by atoms with E-state index in [-0.39, 0.29) is 12.4 Å². The van der Waals surface area contributed by atoms with Crippen LogP contribution in [0.15, 0.2) is 12.7 Å². The Balaban J connectivity index is 0. The highest BCUT2D eigenvalue weighted by Gasteiger charge is 1.88. The summed E-state index contributed by atoms with van der Waals surface area (Å²) in [6.07, 6.45) is 0.860. The number of aliphatic hydroxyl groups is 1. The molecule has 9 heavy (non-hydrogen) atoms. The lowest BCUT2D eigenvalue weighted by molar-refractivity contribution is -0.122. The summed E-state index contributed by atoms with van der Waals surface area (Å²) in [6, 6.07) is 0. The van der Waals surface area contributed by atoms with Crippen molar-refractivity contribution >= 4 is 18.1 Å². The Bertz CT molecular complexity index is 74.6. The van der Waals surface area contributed by atoms with Crippen LogP contribution in [-0.4, -0.2) is 28.7 Å². The third-order valence-corrected chi connectivity index (χ3v) is 0.746. The molecular weight excluding hydrogens is 144 g/mol. The second-order valence-electron chi connectivity index (χ2n) is 1.06. The van der Waals surface area contributed by atoms with Crippen molar-refractivity contribution in [1.82, 2.24) is 0 Å². The van der Waals surface area contributed by atoms with Gasteiger partial charge in [-0.15, -0.1) is 18.2 Å². The molecule has 0 aromatic heterocycles. The van der Waals surface area contributed by atoms with Gasteiger partial charge in [-0.05, 0) is 0 Å². The van der Waals surface area contributed by atoms with Gasteiger partial charge in [-0.1, -0.05) is 6.08 Å². The lowest BCUT2D eigenvalue weighted by Crippen LogP contribution is -2.00. The van der Waals surface area contributed by atoms with E-state index in [4.69, 9.17) is 26.6 Å². The molecule has 0 saturated heterocycles. The zero-order valence-electron chi connectivity index (χ0n) is 4.83. The fraction of sp³-hybridized carbons (Fsp3) is 0.400. The van der Waals surface area contributed by atoms with Gasteiger partial charge in [0.1, 0.15) is 0 Å². The molecule has 0 bridgehead atoms. The maximum Gasteiger partial charge on any atom is 0.290 e. The molecule has 0 aliphatic rings. The number of halogens is 1. The van der Waals surface area contributed by atoms with Crippen LogP contribution in [-0.2, 0) is 4.79 Å². The molecule has 0 amide bonds. The Hall–Kier alpha value is -0.540. The van der Waals surface area contributed by atoms with E-state index in [0.29, 0.717) is 0 Å². The summed E-state index contributed by atoms with van der Waals surface area (Å²) in [4.78, 5) is 8.36. The molecule has 0 aliphatic carbocycles. The first-order chi connectivity index (χ1) is 4.22. The molecule has 3 nitrogen and oxygen atoms in total. The zero-order chi connectivity index (χ0) is 7.70. The van der Waals surface area contributed by atoms with Gasteiger partial charge < -0.3 is 10.2 Å². The van der Waals surface area contributed by atoms with E-state index in [1.807, 2.05) is 0 Å². The molecule has 0 saturated carbocycles. The zero-order valence-corrected chi connectivity index (χ0v) is 5.58. The molecule has 0 rings (SSSR count). The number of carboxylic acid groups (broad SMARTS) is 1. The van der Waals surface area contributed by atoms with Crippen molar-refractivity contribution < 1.29 is 15.0 Å². The van der Waals surface area contributed by atoms with Gasteiger partial charge in [0.15, 0.2) is 0 Å². The topological polar surface area (TPSA) is 57.5 Å². The van der Waals surface area contributed by atoms with Crippen LogP contribution in [0.2, 0.25) is 0 Å². The summed E-state index contributed by atoms with van der Waals surface area (Å²) >= 11 is 5.13. The van der Waals surface area contributed by atoms with Gasteiger partial charge in [0.05, 0.1) is 12.0 Å². The largest absolute Gasteiger partial charge is 0.483 e.